The van der Waals surface area contributed by atoms with E-state index in [2.05, 4.69) is 31.4 Å². The van der Waals surface area contributed by atoms with Crippen molar-refractivity contribution in [1.29, 1.82) is 0 Å². The molecule has 0 bridgehead atoms. The van der Waals surface area contributed by atoms with Crippen molar-refractivity contribution in [3.63, 3.8) is 0 Å². The number of hydrogen-bond acceptors (Lipinski definition) is 6. The van der Waals surface area contributed by atoms with Crippen LogP contribution in [0.5, 0.6) is 0 Å². The summed E-state index contributed by atoms with van der Waals surface area (Å²) in [6.07, 6.45) is 2.71. The largest absolute Gasteiger partial charge is 0.462 e. The summed E-state index contributed by atoms with van der Waals surface area (Å²) in [6.45, 7) is 3.84. The minimum Gasteiger partial charge on any atom is -0.462 e. The fourth-order valence-electron chi connectivity index (χ4n) is 2.79. The summed E-state index contributed by atoms with van der Waals surface area (Å²) < 4.78 is 7.44. The van der Waals surface area contributed by atoms with E-state index in [4.69, 9.17) is 4.74 Å². The summed E-state index contributed by atoms with van der Waals surface area (Å²) >= 11 is 3.39. The number of esters is 1. The van der Waals surface area contributed by atoms with Gasteiger partial charge in [-0.1, -0.05) is 15.9 Å². The Morgan fingerprint density at radius 1 is 1.42 bits per heavy atom. The number of anilines is 1. The first-order chi connectivity index (χ1) is 12.5. The van der Waals surface area contributed by atoms with Crippen molar-refractivity contribution in [1.82, 2.24) is 9.55 Å². The SMILES string of the molecule is CCOC(=O)c1cnc2n(c1=O)C(C)CCC2=NNc1ccc(Br)cc1. The van der Waals surface area contributed by atoms with Gasteiger partial charge in [0.15, 0.2) is 5.82 Å². The Kier molecular flexibility index (Phi) is 5.51. The Bertz CT molecular complexity index is 906. The molecular weight excluding hydrogens is 400 g/mol. The topological polar surface area (TPSA) is 85.6 Å². The molecule has 2 heterocycles. The van der Waals surface area contributed by atoms with Crippen molar-refractivity contribution in [3.05, 3.63) is 56.7 Å². The fraction of sp³-hybridized carbons (Fsp3) is 0.333. The first-order valence-corrected chi connectivity index (χ1v) is 9.17. The number of halogens is 1. The van der Waals surface area contributed by atoms with Gasteiger partial charge in [0, 0.05) is 16.7 Å². The predicted molar refractivity (Wildman–Crippen MR) is 103 cm³/mol. The first-order valence-electron chi connectivity index (χ1n) is 8.38. The first kappa shape index (κ1) is 18.3. The number of fused-ring (bicyclic) bond motifs is 1. The number of carbonyl (C=O) groups excluding carboxylic acids is 1. The summed E-state index contributed by atoms with van der Waals surface area (Å²) in [5.41, 5.74) is 4.06. The van der Waals surface area contributed by atoms with Crippen molar-refractivity contribution < 1.29 is 9.53 Å². The van der Waals surface area contributed by atoms with Crippen LogP contribution in [-0.4, -0.2) is 27.8 Å². The number of benzene rings is 1. The van der Waals surface area contributed by atoms with E-state index in [1.165, 1.54) is 10.8 Å². The molecule has 7 nitrogen and oxygen atoms in total. The predicted octanol–water partition coefficient (Wildman–Crippen LogP) is 3.35. The van der Waals surface area contributed by atoms with Gasteiger partial charge in [0.25, 0.3) is 5.56 Å². The molecule has 0 fully saturated rings. The summed E-state index contributed by atoms with van der Waals surface area (Å²) in [5, 5.41) is 4.42. The molecule has 136 valence electrons. The summed E-state index contributed by atoms with van der Waals surface area (Å²) in [4.78, 5) is 29.0. The Morgan fingerprint density at radius 2 is 2.15 bits per heavy atom. The average Bonchev–Trinajstić information content (AvgIpc) is 2.63. The van der Waals surface area contributed by atoms with E-state index in [1.807, 2.05) is 31.2 Å². The van der Waals surface area contributed by atoms with E-state index >= 15 is 0 Å². The third-order valence-electron chi connectivity index (χ3n) is 4.15. The number of nitrogens with zero attached hydrogens (tertiary/aromatic N) is 3. The van der Waals surface area contributed by atoms with Crippen LogP contribution < -0.4 is 11.0 Å². The van der Waals surface area contributed by atoms with Gasteiger partial charge >= 0.3 is 5.97 Å². The van der Waals surface area contributed by atoms with E-state index in [9.17, 15) is 9.59 Å². The molecule has 3 rings (SSSR count). The van der Waals surface area contributed by atoms with Gasteiger partial charge in [0.05, 0.1) is 12.3 Å². The van der Waals surface area contributed by atoms with Crippen LogP contribution in [0, 0.1) is 0 Å². The van der Waals surface area contributed by atoms with Gasteiger partial charge < -0.3 is 4.74 Å². The Balaban J connectivity index is 1.95. The van der Waals surface area contributed by atoms with Crippen LogP contribution in [0.1, 0.15) is 48.9 Å². The van der Waals surface area contributed by atoms with Gasteiger partial charge in [0.1, 0.15) is 11.3 Å². The van der Waals surface area contributed by atoms with Crippen LogP contribution in [0.25, 0.3) is 0 Å². The van der Waals surface area contributed by atoms with Crippen LogP contribution in [0.3, 0.4) is 0 Å². The third-order valence-corrected chi connectivity index (χ3v) is 4.68. The van der Waals surface area contributed by atoms with Crippen LogP contribution in [0.4, 0.5) is 5.69 Å². The maximum atomic E-state index is 12.7. The number of nitrogens with one attached hydrogen (secondary N) is 1. The Hall–Kier alpha value is -2.48. The number of hydrogen-bond donors (Lipinski definition) is 1. The average molecular weight is 419 g/mol. The highest BCUT2D eigenvalue weighted by molar-refractivity contribution is 9.10. The lowest BCUT2D eigenvalue weighted by Crippen LogP contribution is -2.37. The zero-order chi connectivity index (χ0) is 18.7. The zero-order valence-corrected chi connectivity index (χ0v) is 16.1. The summed E-state index contributed by atoms with van der Waals surface area (Å²) in [6, 6.07) is 7.54. The molecule has 1 aliphatic rings. The molecule has 1 aromatic carbocycles. The van der Waals surface area contributed by atoms with Gasteiger partial charge in [-0.25, -0.2) is 9.78 Å². The number of hydrazone groups is 1. The second-order valence-electron chi connectivity index (χ2n) is 5.96. The van der Waals surface area contributed by atoms with Crippen LogP contribution >= 0.6 is 15.9 Å². The number of ether oxygens (including phenoxy) is 1. The van der Waals surface area contributed by atoms with Crippen molar-refractivity contribution in [2.45, 2.75) is 32.7 Å². The van der Waals surface area contributed by atoms with Crippen molar-refractivity contribution in [2.75, 3.05) is 12.0 Å². The molecule has 0 radical (unpaired) electrons. The summed E-state index contributed by atoms with van der Waals surface area (Å²) in [7, 11) is 0. The lowest BCUT2D eigenvalue weighted by atomic mass is 10.0. The molecule has 1 aromatic heterocycles. The maximum Gasteiger partial charge on any atom is 0.345 e. The van der Waals surface area contributed by atoms with Crippen molar-refractivity contribution >= 4 is 33.3 Å². The van der Waals surface area contributed by atoms with Crippen molar-refractivity contribution in [3.8, 4) is 0 Å². The van der Waals surface area contributed by atoms with Crippen molar-refractivity contribution in [2.24, 2.45) is 5.10 Å². The number of carbonyl (C=O) groups is 1. The van der Waals surface area contributed by atoms with Crippen LogP contribution in [-0.2, 0) is 4.74 Å². The van der Waals surface area contributed by atoms with Gasteiger partial charge in [-0.3, -0.25) is 14.8 Å². The third kappa shape index (κ3) is 3.70. The molecule has 1 aliphatic heterocycles. The molecule has 0 spiro atoms. The monoisotopic (exact) mass is 418 g/mol. The highest BCUT2D eigenvalue weighted by Gasteiger charge is 2.27. The second kappa shape index (κ2) is 7.82. The molecule has 0 aliphatic carbocycles. The van der Waals surface area contributed by atoms with E-state index in [1.54, 1.807) is 6.92 Å². The fourth-order valence-corrected chi connectivity index (χ4v) is 3.05. The molecule has 0 amide bonds. The molecule has 1 unspecified atom stereocenters. The van der Waals surface area contributed by atoms with Gasteiger partial charge in [0.2, 0.25) is 0 Å². The zero-order valence-electron chi connectivity index (χ0n) is 14.5. The van der Waals surface area contributed by atoms with Gasteiger partial charge in [-0.05, 0) is 51.0 Å². The number of aromatic nitrogens is 2. The normalized spacial score (nSPS) is 17.7. The highest BCUT2D eigenvalue weighted by atomic mass is 79.9. The van der Waals surface area contributed by atoms with E-state index in [-0.39, 0.29) is 18.2 Å². The van der Waals surface area contributed by atoms with E-state index in [0.29, 0.717) is 18.0 Å². The molecule has 1 N–H and O–H groups in total. The highest BCUT2D eigenvalue weighted by Crippen LogP contribution is 2.22. The van der Waals surface area contributed by atoms with Crippen LogP contribution in [0.2, 0.25) is 0 Å². The lowest BCUT2D eigenvalue weighted by Gasteiger charge is -2.25. The number of rotatable bonds is 4. The van der Waals surface area contributed by atoms with Crippen LogP contribution in [0.15, 0.2) is 44.8 Å². The van der Waals surface area contributed by atoms with E-state index in [0.717, 1.165) is 16.6 Å². The van der Waals surface area contributed by atoms with E-state index < -0.39 is 11.5 Å². The Labute approximate surface area is 159 Å². The molecule has 26 heavy (non-hydrogen) atoms. The molecule has 1 atom stereocenters. The molecule has 0 saturated carbocycles. The molecular formula is C18H19BrN4O3. The lowest BCUT2D eigenvalue weighted by molar-refractivity contribution is 0.0522. The van der Waals surface area contributed by atoms with Gasteiger partial charge in [-0.15, -0.1) is 0 Å². The minimum absolute atomic E-state index is 0.0513. The smallest absolute Gasteiger partial charge is 0.345 e. The quantitative estimate of drug-likeness (QED) is 0.607. The van der Waals surface area contributed by atoms with Gasteiger partial charge in [-0.2, -0.15) is 5.10 Å². The maximum absolute atomic E-state index is 12.7. The standard InChI is InChI=1S/C18H19BrN4O3/c1-3-26-18(25)14-10-20-16-15(9-4-11(2)23(16)17(14)24)22-21-13-7-5-12(19)6-8-13/h5-8,10-11,21H,3-4,9H2,1-2H3. The summed E-state index contributed by atoms with van der Waals surface area (Å²) in [5.74, 6) is -0.170. The molecule has 0 saturated heterocycles. The minimum atomic E-state index is -0.649. The molecule has 8 heteroatoms. The Morgan fingerprint density at radius 3 is 2.85 bits per heavy atom. The molecule has 2 aromatic rings. The second-order valence-corrected chi connectivity index (χ2v) is 6.87.